The number of rotatable bonds is 4. The molecule has 1 aliphatic carbocycles. The van der Waals surface area contributed by atoms with Crippen molar-refractivity contribution in [1.82, 2.24) is 5.32 Å². The molecule has 13 heavy (non-hydrogen) atoms. The minimum Gasteiger partial charge on any atom is -0.396 e. The van der Waals surface area contributed by atoms with Crippen molar-refractivity contribution in [1.29, 1.82) is 0 Å². The van der Waals surface area contributed by atoms with E-state index < -0.39 is 0 Å². The third-order valence-corrected chi connectivity index (χ3v) is 3.68. The Morgan fingerprint density at radius 1 is 1.08 bits per heavy atom. The molecule has 2 heteroatoms. The molecule has 2 rings (SSSR count). The van der Waals surface area contributed by atoms with Gasteiger partial charge in [0.1, 0.15) is 0 Å². The molecule has 0 amide bonds. The minimum atomic E-state index is 0.394. The molecular weight excluding hydrogens is 162 g/mol. The fourth-order valence-electron chi connectivity index (χ4n) is 2.80. The lowest BCUT2D eigenvalue weighted by Gasteiger charge is -2.30. The van der Waals surface area contributed by atoms with E-state index in [9.17, 15) is 0 Å². The summed E-state index contributed by atoms with van der Waals surface area (Å²) < 4.78 is 0. The van der Waals surface area contributed by atoms with Crippen LogP contribution in [0, 0.1) is 17.8 Å². The van der Waals surface area contributed by atoms with Crippen molar-refractivity contribution in [3.05, 3.63) is 0 Å². The van der Waals surface area contributed by atoms with Crippen LogP contribution in [0.4, 0.5) is 0 Å². The van der Waals surface area contributed by atoms with Gasteiger partial charge in [-0.3, -0.25) is 0 Å². The summed E-state index contributed by atoms with van der Waals surface area (Å²) in [5.74, 6) is 2.71. The SMILES string of the molecule is OCCC(C1CCNCC1)C1CC1. The van der Waals surface area contributed by atoms with Crippen molar-refractivity contribution in [2.75, 3.05) is 19.7 Å². The third kappa shape index (κ3) is 2.44. The molecule has 1 saturated heterocycles. The second-order valence-corrected chi connectivity index (χ2v) is 4.60. The maximum atomic E-state index is 9.03. The molecule has 0 aromatic heterocycles. The first-order valence-electron chi connectivity index (χ1n) is 5.73. The largest absolute Gasteiger partial charge is 0.396 e. The predicted octanol–water partition coefficient (Wildman–Crippen LogP) is 1.39. The zero-order chi connectivity index (χ0) is 9.10. The van der Waals surface area contributed by atoms with Gasteiger partial charge in [0.15, 0.2) is 0 Å². The number of aliphatic hydroxyl groups is 1. The normalized spacial score (nSPS) is 27.5. The van der Waals surface area contributed by atoms with Gasteiger partial charge in [-0.05, 0) is 62.9 Å². The van der Waals surface area contributed by atoms with E-state index in [2.05, 4.69) is 5.32 Å². The first kappa shape index (κ1) is 9.47. The highest BCUT2D eigenvalue weighted by Crippen LogP contribution is 2.44. The van der Waals surface area contributed by atoms with E-state index in [-0.39, 0.29) is 0 Å². The minimum absolute atomic E-state index is 0.394. The van der Waals surface area contributed by atoms with Gasteiger partial charge in [0.25, 0.3) is 0 Å². The molecule has 1 atom stereocenters. The summed E-state index contributed by atoms with van der Waals surface area (Å²) >= 11 is 0. The first-order valence-corrected chi connectivity index (χ1v) is 5.73. The molecule has 0 bridgehead atoms. The standard InChI is InChI=1S/C11H21NO/c13-8-5-11(9-1-2-9)10-3-6-12-7-4-10/h9-13H,1-8H2. The highest BCUT2D eigenvalue weighted by atomic mass is 16.3. The number of nitrogens with one attached hydrogen (secondary N) is 1. The van der Waals surface area contributed by atoms with Gasteiger partial charge in [0, 0.05) is 6.61 Å². The van der Waals surface area contributed by atoms with Gasteiger partial charge in [-0.25, -0.2) is 0 Å². The summed E-state index contributed by atoms with van der Waals surface area (Å²) in [6.45, 7) is 2.78. The predicted molar refractivity (Wildman–Crippen MR) is 53.5 cm³/mol. The third-order valence-electron chi connectivity index (χ3n) is 3.68. The Bertz CT molecular complexity index is 150. The van der Waals surface area contributed by atoms with E-state index >= 15 is 0 Å². The molecule has 0 spiro atoms. The second kappa shape index (κ2) is 4.43. The molecule has 2 aliphatic rings. The van der Waals surface area contributed by atoms with Crippen molar-refractivity contribution in [3.63, 3.8) is 0 Å². The van der Waals surface area contributed by atoms with E-state index in [0.717, 1.165) is 24.2 Å². The lowest BCUT2D eigenvalue weighted by atomic mass is 9.80. The molecule has 2 fully saturated rings. The van der Waals surface area contributed by atoms with E-state index in [1.54, 1.807) is 0 Å². The van der Waals surface area contributed by atoms with Gasteiger partial charge in [-0.1, -0.05) is 0 Å². The average Bonchev–Trinajstić information content (AvgIpc) is 2.99. The highest BCUT2D eigenvalue weighted by Gasteiger charge is 2.36. The Morgan fingerprint density at radius 2 is 1.69 bits per heavy atom. The van der Waals surface area contributed by atoms with E-state index in [1.807, 2.05) is 0 Å². The van der Waals surface area contributed by atoms with Gasteiger partial charge < -0.3 is 10.4 Å². The van der Waals surface area contributed by atoms with Crippen LogP contribution >= 0.6 is 0 Å². The molecule has 0 radical (unpaired) electrons. The molecule has 76 valence electrons. The van der Waals surface area contributed by atoms with Crippen molar-refractivity contribution in [2.24, 2.45) is 17.8 Å². The molecule has 1 unspecified atom stereocenters. The lowest BCUT2D eigenvalue weighted by Crippen LogP contribution is -2.32. The van der Waals surface area contributed by atoms with Crippen LogP contribution in [0.2, 0.25) is 0 Å². The number of piperidine rings is 1. The van der Waals surface area contributed by atoms with Crippen LogP contribution in [0.3, 0.4) is 0 Å². The summed E-state index contributed by atoms with van der Waals surface area (Å²) in [6, 6.07) is 0. The van der Waals surface area contributed by atoms with Crippen LogP contribution in [0.5, 0.6) is 0 Å². The molecule has 1 aliphatic heterocycles. The van der Waals surface area contributed by atoms with Crippen LogP contribution in [0.25, 0.3) is 0 Å². The van der Waals surface area contributed by atoms with Gasteiger partial charge in [-0.2, -0.15) is 0 Å². The van der Waals surface area contributed by atoms with E-state index in [4.69, 9.17) is 5.11 Å². The topological polar surface area (TPSA) is 32.3 Å². The Labute approximate surface area is 80.7 Å². The van der Waals surface area contributed by atoms with E-state index in [1.165, 1.54) is 38.8 Å². The summed E-state index contributed by atoms with van der Waals surface area (Å²) in [5.41, 5.74) is 0. The Balaban J connectivity index is 1.84. The molecule has 1 heterocycles. The number of aliphatic hydroxyl groups excluding tert-OH is 1. The fraction of sp³-hybridized carbons (Fsp3) is 1.00. The second-order valence-electron chi connectivity index (χ2n) is 4.60. The zero-order valence-corrected chi connectivity index (χ0v) is 8.34. The maximum Gasteiger partial charge on any atom is 0.0433 e. The van der Waals surface area contributed by atoms with Crippen LogP contribution in [0.1, 0.15) is 32.1 Å². The number of hydrogen-bond acceptors (Lipinski definition) is 2. The average molecular weight is 183 g/mol. The van der Waals surface area contributed by atoms with Crippen LogP contribution in [0.15, 0.2) is 0 Å². The molecule has 2 N–H and O–H groups in total. The van der Waals surface area contributed by atoms with Crippen molar-refractivity contribution in [2.45, 2.75) is 32.1 Å². The monoisotopic (exact) mass is 183 g/mol. The van der Waals surface area contributed by atoms with Crippen LogP contribution in [-0.2, 0) is 0 Å². The molecule has 0 aromatic rings. The van der Waals surface area contributed by atoms with Crippen molar-refractivity contribution < 1.29 is 5.11 Å². The van der Waals surface area contributed by atoms with Crippen LogP contribution < -0.4 is 5.32 Å². The summed E-state index contributed by atoms with van der Waals surface area (Å²) in [4.78, 5) is 0. The fourth-order valence-corrected chi connectivity index (χ4v) is 2.80. The van der Waals surface area contributed by atoms with Crippen LogP contribution in [-0.4, -0.2) is 24.8 Å². The van der Waals surface area contributed by atoms with Crippen molar-refractivity contribution in [3.8, 4) is 0 Å². The van der Waals surface area contributed by atoms with Crippen molar-refractivity contribution >= 4 is 0 Å². The quantitative estimate of drug-likeness (QED) is 0.690. The summed E-state index contributed by atoms with van der Waals surface area (Å²) in [6.07, 6.45) is 6.57. The Hall–Kier alpha value is -0.0800. The highest BCUT2D eigenvalue weighted by molar-refractivity contribution is 4.87. The van der Waals surface area contributed by atoms with Gasteiger partial charge in [0.2, 0.25) is 0 Å². The molecular formula is C11H21NO. The van der Waals surface area contributed by atoms with Gasteiger partial charge in [-0.15, -0.1) is 0 Å². The van der Waals surface area contributed by atoms with E-state index in [0.29, 0.717) is 6.61 Å². The Kier molecular flexibility index (Phi) is 3.23. The molecule has 2 nitrogen and oxygen atoms in total. The maximum absolute atomic E-state index is 9.03. The Morgan fingerprint density at radius 3 is 2.23 bits per heavy atom. The number of hydrogen-bond donors (Lipinski definition) is 2. The van der Waals surface area contributed by atoms with Gasteiger partial charge >= 0.3 is 0 Å². The summed E-state index contributed by atoms with van der Waals surface area (Å²) in [5, 5.41) is 12.4. The first-order chi connectivity index (χ1) is 6.42. The van der Waals surface area contributed by atoms with Gasteiger partial charge in [0.05, 0.1) is 0 Å². The zero-order valence-electron chi connectivity index (χ0n) is 8.34. The lowest BCUT2D eigenvalue weighted by molar-refractivity contribution is 0.175. The summed E-state index contributed by atoms with van der Waals surface area (Å²) in [7, 11) is 0. The smallest absolute Gasteiger partial charge is 0.0433 e. The molecule has 1 saturated carbocycles. The molecule has 0 aromatic carbocycles.